The SMILES string of the molecule is COc1cc(-n2cnc(Nc3nc(N4CCC[C@@H]4CO)c4ccsc4n3)c2)cc(OC)c1OC. The third-order valence-corrected chi connectivity index (χ3v) is 6.74. The lowest BCUT2D eigenvalue weighted by Crippen LogP contribution is -2.33. The van der Waals surface area contributed by atoms with Crippen LogP contribution >= 0.6 is 11.3 Å². The first kappa shape index (κ1) is 22.2. The number of ether oxygens (including phenoxy) is 3. The van der Waals surface area contributed by atoms with Gasteiger partial charge in [-0.15, -0.1) is 11.3 Å². The fourth-order valence-electron chi connectivity index (χ4n) is 4.28. The van der Waals surface area contributed by atoms with E-state index in [0.29, 0.717) is 29.0 Å². The van der Waals surface area contributed by atoms with Gasteiger partial charge in [-0.3, -0.25) is 0 Å². The fourth-order valence-corrected chi connectivity index (χ4v) is 5.04. The molecule has 0 unspecified atom stereocenters. The van der Waals surface area contributed by atoms with Crippen LogP contribution in [-0.2, 0) is 0 Å². The van der Waals surface area contributed by atoms with Gasteiger partial charge in [0.2, 0.25) is 11.7 Å². The maximum atomic E-state index is 9.81. The van der Waals surface area contributed by atoms with Crippen LogP contribution in [0.1, 0.15) is 12.8 Å². The number of hydrogen-bond donors (Lipinski definition) is 2. The Balaban J connectivity index is 1.46. The van der Waals surface area contributed by atoms with E-state index in [0.717, 1.165) is 41.1 Å². The Morgan fingerprint density at radius 3 is 2.65 bits per heavy atom. The van der Waals surface area contributed by atoms with E-state index in [4.69, 9.17) is 19.2 Å². The Hall–Kier alpha value is -3.57. The van der Waals surface area contributed by atoms with Crippen LogP contribution in [0, 0.1) is 0 Å². The van der Waals surface area contributed by atoms with E-state index in [2.05, 4.69) is 20.2 Å². The predicted molar refractivity (Wildman–Crippen MR) is 131 cm³/mol. The largest absolute Gasteiger partial charge is 0.493 e. The maximum absolute atomic E-state index is 9.81. The van der Waals surface area contributed by atoms with Gasteiger partial charge < -0.3 is 34.1 Å². The number of nitrogens with zero attached hydrogens (tertiary/aromatic N) is 5. The van der Waals surface area contributed by atoms with Crippen molar-refractivity contribution in [2.24, 2.45) is 0 Å². The summed E-state index contributed by atoms with van der Waals surface area (Å²) >= 11 is 1.56. The lowest BCUT2D eigenvalue weighted by Gasteiger charge is -2.25. The molecule has 0 radical (unpaired) electrons. The van der Waals surface area contributed by atoms with Crippen molar-refractivity contribution in [2.45, 2.75) is 18.9 Å². The summed E-state index contributed by atoms with van der Waals surface area (Å²) in [4.78, 5) is 17.0. The minimum absolute atomic E-state index is 0.0742. The van der Waals surface area contributed by atoms with Gasteiger partial charge in [0.15, 0.2) is 17.3 Å². The summed E-state index contributed by atoms with van der Waals surface area (Å²) in [5.41, 5.74) is 0.799. The van der Waals surface area contributed by atoms with Crippen LogP contribution in [0.2, 0.25) is 0 Å². The normalized spacial score (nSPS) is 15.6. The molecule has 4 heterocycles. The van der Waals surface area contributed by atoms with Gasteiger partial charge in [0.1, 0.15) is 17.0 Å². The lowest BCUT2D eigenvalue weighted by molar-refractivity contribution is 0.266. The molecule has 34 heavy (non-hydrogen) atoms. The van der Waals surface area contributed by atoms with Crippen molar-refractivity contribution in [1.82, 2.24) is 19.5 Å². The highest BCUT2D eigenvalue weighted by atomic mass is 32.1. The van der Waals surface area contributed by atoms with Crippen molar-refractivity contribution in [1.29, 1.82) is 0 Å². The summed E-state index contributed by atoms with van der Waals surface area (Å²) in [7, 11) is 4.74. The molecule has 0 spiro atoms. The number of anilines is 3. The quantitative estimate of drug-likeness (QED) is 0.389. The summed E-state index contributed by atoms with van der Waals surface area (Å²) in [5.74, 6) is 3.54. The van der Waals surface area contributed by atoms with E-state index >= 15 is 0 Å². The summed E-state index contributed by atoms with van der Waals surface area (Å²) in [6.07, 6.45) is 5.52. The van der Waals surface area contributed by atoms with Crippen molar-refractivity contribution in [3.05, 3.63) is 36.1 Å². The third-order valence-electron chi connectivity index (χ3n) is 5.93. The van der Waals surface area contributed by atoms with Gasteiger partial charge in [-0.1, -0.05) is 0 Å². The molecule has 11 heteroatoms. The molecule has 1 aliphatic heterocycles. The number of thiophene rings is 1. The molecule has 2 N–H and O–H groups in total. The van der Waals surface area contributed by atoms with Crippen LogP contribution in [-0.4, -0.2) is 65.1 Å². The number of methoxy groups -OCH3 is 3. The zero-order valence-corrected chi connectivity index (χ0v) is 20.0. The van der Waals surface area contributed by atoms with Crippen LogP contribution in [0.15, 0.2) is 36.1 Å². The smallest absolute Gasteiger partial charge is 0.231 e. The van der Waals surface area contributed by atoms with E-state index in [1.165, 1.54) is 0 Å². The number of rotatable bonds is 8. The highest BCUT2D eigenvalue weighted by molar-refractivity contribution is 7.16. The molecule has 1 aliphatic rings. The second-order valence-corrected chi connectivity index (χ2v) is 8.75. The topological polar surface area (TPSA) is 107 Å². The highest BCUT2D eigenvalue weighted by Gasteiger charge is 2.27. The zero-order valence-electron chi connectivity index (χ0n) is 19.2. The predicted octanol–water partition coefficient (Wildman–Crippen LogP) is 3.61. The number of aliphatic hydroxyl groups is 1. The number of nitrogens with one attached hydrogen (secondary N) is 1. The minimum Gasteiger partial charge on any atom is -0.493 e. The van der Waals surface area contributed by atoms with Gasteiger partial charge in [0, 0.05) is 18.7 Å². The van der Waals surface area contributed by atoms with Gasteiger partial charge in [0.25, 0.3) is 0 Å². The second-order valence-electron chi connectivity index (χ2n) is 7.86. The standard InChI is InChI=1S/C23H26N6O4S/c1-31-17-9-15(10-18(32-2)20(17)33-3)28-11-19(24-13-28)25-23-26-21(16-6-8-34-22(16)27-23)29-7-4-5-14(29)12-30/h6,8-11,13-14,30H,4-5,7,12H2,1-3H3,(H,25,26,27)/t14-/m1/s1. The summed E-state index contributed by atoms with van der Waals surface area (Å²) in [6, 6.07) is 5.80. The Labute approximate surface area is 200 Å². The van der Waals surface area contributed by atoms with Crippen molar-refractivity contribution in [2.75, 3.05) is 44.7 Å². The van der Waals surface area contributed by atoms with Gasteiger partial charge in [-0.25, -0.2) is 9.97 Å². The second kappa shape index (κ2) is 9.35. The summed E-state index contributed by atoms with van der Waals surface area (Å²) < 4.78 is 18.2. The molecule has 3 aromatic heterocycles. The number of aromatic nitrogens is 4. The molecule has 0 saturated carbocycles. The Morgan fingerprint density at radius 2 is 1.94 bits per heavy atom. The Bertz CT molecular complexity index is 1280. The van der Waals surface area contributed by atoms with Crippen molar-refractivity contribution < 1.29 is 19.3 Å². The van der Waals surface area contributed by atoms with E-state index in [1.807, 2.05) is 34.3 Å². The third kappa shape index (κ3) is 3.97. The molecule has 5 rings (SSSR count). The number of fused-ring (bicyclic) bond motifs is 1. The van der Waals surface area contributed by atoms with Crippen LogP contribution in [0.4, 0.5) is 17.6 Å². The van der Waals surface area contributed by atoms with Crippen molar-refractivity contribution >= 4 is 39.1 Å². The zero-order chi connectivity index (χ0) is 23.7. The highest BCUT2D eigenvalue weighted by Crippen LogP contribution is 2.39. The minimum atomic E-state index is 0.0742. The van der Waals surface area contributed by atoms with Crippen LogP contribution in [0.5, 0.6) is 17.2 Å². The molecular formula is C23H26N6O4S. The molecule has 1 atom stereocenters. The number of aliphatic hydroxyl groups excluding tert-OH is 1. The first-order valence-corrected chi connectivity index (χ1v) is 11.8. The average molecular weight is 483 g/mol. The fraction of sp³-hybridized carbons (Fsp3) is 0.348. The maximum Gasteiger partial charge on any atom is 0.231 e. The molecule has 1 aromatic carbocycles. The summed E-state index contributed by atoms with van der Waals surface area (Å²) in [5, 5.41) is 16.0. The van der Waals surface area contributed by atoms with Crippen molar-refractivity contribution in [3.8, 4) is 22.9 Å². The molecule has 178 valence electrons. The molecule has 0 amide bonds. The Morgan fingerprint density at radius 1 is 1.15 bits per heavy atom. The van der Waals surface area contributed by atoms with E-state index < -0.39 is 0 Å². The molecule has 10 nitrogen and oxygen atoms in total. The van der Waals surface area contributed by atoms with Gasteiger partial charge in [0.05, 0.1) is 51.2 Å². The molecule has 0 aliphatic carbocycles. The van der Waals surface area contributed by atoms with Gasteiger partial charge in [-0.05, 0) is 24.3 Å². The number of hydrogen-bond acceptors (Lipinski definition) is 10. The molecule has 1 fully saturated rings. The van der Waals surface area contributed by atoms with Crippen molar-refractivity contribution in [3.63, 3.8) is 0 Å². The molecule has 4 aromatic rings. The number of imidazole rings is 1. The molecule has 1 saturated heterocycles. The van der Waals surface area contributed by atoms with E-state index in [1.54, 1.807) is 39.0 Å². The monoisotopic (exact) mass is 482 g/mol. The van der Waals surface area contributed by atoms with Gasteiger partial charge >= 0.3 is 0 Å². The molecular weight excluding hydrogens is 456 g/mol. The number of benzene rings is 1. The van der Waals surface area contributed by atoms with Crippen LogP contribution in [0.25, 0.3) is 15.9 Å². The van der Waals surface area contributed by atoms with E-state index in [-0.39, 0.29) is 12.6 Å². The van der Waals surface area contributed by atoms with Gasteiger partial charge in [-0.2, -0.15) is 4.98 Å². The first-order chi connectivity index (χ1) is 16.6. The van der Waals surface area contributed by atoms with Crippen LogP contribution in [0.3, 0.4) is 0 Å². The summed E-state index contributed by atoms with van der Waals surface area (Å²) in [6.45, 7) is 0.972. The Kier molecular flexibility index (Phi) is 6.12. The lowest BCUT2D eigenvalue weighted by atomic mass is 10.2. The molecule has 0 bridgehead atoms. The van der Waals surface area contributed by atoms with E-state index in [9.17, 15) is 5.11 Å². The average Bonchev–Trinajstić information content (AvgIpc) is 3.63. The van der Waals surface area contributed by atoms with Crippen LogP contribution < -0.4 is 24.4 Å². The first-order valence-electron chi connectivity index (χ1n) is 10.9.